The fraction of sp³-hybridized carbons (Fsp3) is 0.188. The van der Waals surface area contributed by atoms with Gasteiger partial charge in [-0.25, -0.2) is 0 Å². The van der Waals surface area contributed by atoms with Gasteiger partial charge >= 0.3 is 0 Å². The molecule has 0 aliphatic rings. The molecule has 3 heteroatoms. The quantitative estimate of drug-likeness (QED) is 0.841. The molecule has 0 saturated heterocycles. The van der Waals surface area contributed by atoms with Crippen LogP contribution in [0.5, 0.6) is 0 Å². The van der Waals surface area contributed by atoms with Crippen LogP contribution in [0.15, 0.2) is 54.6 Å². The minimum absolute atomic E-state index is 0.0126. The molecule has 2 aromatic carbocycles. The fourth-order valence-electron chi connectivity index (χ4n) is 1.85. The molecule has 0 aliphatic carbocycles. The molecule has 1 N–H and O–H groups in total. The second kappa shape index (κ2) is 6.39. The molecule has 2 rings (SSSR count). The first-order valence-corrected chi connectivity index (χ1v) is 6.75. The van der Waals surface area contributed by atoms with E-state index >= 15 is 0 Å². The Morgan fingerprint density at radius 2 is 1.74 bits per heavy atom. The number of alkyl halides is 1. The molecule has 0 fully saturated rings. The molecule has 0 aromatic heterocycles. The first kappa shape index (κ1) is 13.6. The third-order valence-corrected chi connectivity index (χ3v) is 3.33. The van der Waals surface area contributed by atoms with Gasteiger partial charge in [-0.1, -0.05) is 42.5 Å². The summed E-state index contributed by atoms with van der Waals surface area (Å²) in [7, 11) is 0. The van der Waals surface area contributed by atoms with Crippen LogP contribution in [0.4, 0.5) is 0 Å². The summed E-state index contributed by atoms with van der Waals surface area (Å²) in [6, 6.07) is 17.2. The molecule has 0 spiro atoms. The summed E-state index contributed by atoms with van der Waals surface area (Å²) < 4.78 is 0. The van der Waals surface area contributed by atoms with Gasteiger partial charge in [0.15, 0.2) is 0 Å². The van der Waals surface area contributed by atoms with Crippen LogP contribution in [0.25, 0.3) is 0 Å². The van der Waals surface area contributed by atoms with Gasteiger partial charge in [0, 0.05) is 11.4 Å². The molecule has 19 heavy (non-hydrogen) atoms. The number of hydrogen-bond acceptors (Lipinski definition) is 1. The van der Waals surface area contributed by atoms with Crippen molar-refractivity contribution >= 4 is 17.5 Å². The van der Waals surface area contributed by atoms with E-state index in [1.165, 1.54) is 0 Å². The highest BCUT2D eigenvalue weighted by Crippen LogP contribution is 2.13. The highest BCUT2D eigenvalue weighted by molar-refractivity contribution is 6.17. The van der Waals surface area contributed by atoms with Gasteiger partial charge in [-0.05, 0) is 30.2 Å². The predicted molar refractivity (Wildman–Crippen MR) is 78.3 cm³/mol. The Labute approximate surface area is 118 Å². The Balaban J connectivity index is 2.04. The van der Waals surface area contributed by atoms with Crippen LogP contribution < -0.4 is 5.32 Å². The van der Waals surface area contributed by atoms with E-state index < -0.39 is 0 Å². The average molecular weight is 274 g/mol. The molecular formula is C16H16ClNO. The van der Waals surface area contributed by atoms with E-state index in [2.05, 4.69) is 5.32 Å². The van der Waals surface area contributed by atoms with Crippen LogP contribution in [0.1, 0.15) is 34.5 Å². The standard InChI is InChI=1S/C16H16ClNO/c1-12(14-5-3-2-4-6-14)18-16(19)15-9-7-13(11-17)8-10-15/h2-10,12H,11H2,1H3,(H,18,19). The van der Waals surface area contributed by atoms with Gasteiger partial charge in [-0.2, -0.15) is 0 Å². The van der Waals surface area contributed by atoms with Crippen molar-refractivity contribution in [1.82, 2.24) is 5.32 Å². The van der Waals surface area contributed by atoms with Crippen molar-refractivity contribution in [3.63, 3.8) is 0 Å². The molecule has 0 bridgehead atoms. The normalized spacial score (nSPS) is 11.9. The van der Waals surface area contributed by atoms with Crippen molar-refractivity contribution in [3.05, 3.63) is 71.3 Å². The number of halogens is 1. The van der Waals surface area contributed by atoms with Crippen LogP contribution >= 0.6 is 11.6 Å². The SMILES string of the molecule is CC(NC(=O)c1ccc(CCl)cc1)c1ccccc1. The summed E-state index contributed by atoms with van der Waals surface area (Å²) in [5, 5.41) is 2.98. The van der Waals surface area contributed by atoms with Gasteiger partial charge in [0.2, 0.25) is 0 Å². The molecule has 1 atom stereocenters. The summed E-state index contributed by atoms with van der Waals surface area (Å²) in [6.45, 7) is 1.97. The Kier molecular flexibility index (Phi) is 4.58. The maximum absolute atomic E-state index is 12.1. The summed E-state index contributed by atoms with van der Waals surface area (Å²) in [5.41, 5.74) is 2.75. The zero-order chi connectivity index (χ0) is 13.7. The average Bonchev–Trinajstić information content (AvgIpc) is 2.48. The smallest absolute Gasteiger partial charge is 0.251 e. The van der Waals surface area contributed by atoms with E-state index in [0.717, 1.165) is 11.1 Å². The number of carbonyl (C=O) groups is 1. The lowest BCUT2D eigenvalue weighted by Crippen LogP contribution is -2.26. The monoisotopic (exact) mass is 273 g/mol. The third kappa shape index (κ3) is 3.58. The number of hydrogen-bond donors (Lipinski definition) is 1. The van der Waals surface area contributed by atoms with Crippen LogP contribution in [-0.4, -0.2) is 5.91 Å². The van der Waals surface area contributed by atoms with Crippen molar-refractivity contribution in [3.8, 4) is 0 Å². The maximum Gasteiger partial charge on any atom is 0.251 e. The van der Waals surface area contributed by atoms with Crippen molar-refractivity contribution in [2.45, 2.75) is 18.8 Å². The maximum atomic E-state index is 12.1. The highest BCUT2D eigenvalue weighted by Gasteiger charge is 2.10. The second-order valence-corrected chi connectivity index (χ2v) is 4.70. The van der Waals surface area contributed by atoms with E-state index in [4.69, 9.17) is 11.6 Å². The molecule has 2 aromatic rings. The zero-order valence-corrected chi connectivity index (χ0v) is 11.5. The number of amides is 1. The minimum atomic E-state index is -0.0718. The number of rotatable bonds is 4. The van der Waals surface area contributed by atoms with Crippen molar-refractivity contribution in [1.29, 1.82) is 0 Å². The van der Waals surface area contributed by atoms with Gasteiger partial charge in [0.25, 0.3) is 5.91 Å². The lowest BCUT2D eigenvalue weighted by molar-refractivity contribution is 0.0940. The van der Waals surface area contributed by atoms with E-state index in [9.17, 15) is 4.79 Å². The lowest BCUT2D eigenvalue weighted by atomic mass is 10.1. The molecule has 1 unspecified atom stereocenters. The number of benzene rings is 2. The van der Waals surface area contributed by atoms with Crippen molar-refractivity contribution < 1.29 is 4.79 Å². The van der Waals surface area contributed by atoms with Gasteiger partial charge in [-0.3, -0.25) is 4.79 Å². The predicted octanol–water partition coefficient (Wildman–Crippen LogP) is 3.92. The molecule has 0 heterocycles. The largest absolute Gasteiger partial charge is 0.346 e. The van der Waals surface area contributed by atoms with Crippen molar-refractivity contribution in [2.24, 2.45) is 0 Å². The summed E-state index contributed by atoms with van der Waals surface area (Å²) in [5.74, 6) is 0.389. The van der Waals surface area contributed by atoms with E-state index in [1.807, 2.05) is 49.4 Å². The summed E-state index contributed by atoms with van der Waals surface area (Å²) in [4.78, 5) is 12.1. The van der Waals surface area contributed by atoms with Crippen LogP contribution in [0, 0.1) is 0 Å². The molecule has 98 valence electrons. The molecule has 0 aliphatic heterocycles. The van der Waals surface area contributed by atoms with Gasteiger partial charge in [0.05, 0.1) is 6.04 Å². The van der Waals surface area contributed by atoms with Gasteiger partial charge in [-0.15, -0.1) is 11.6 Å². The van der Waals surface area contributed by atoms with E-state index in [0.29, 0.717) is 11.4 Å². The van der Waals surface area contributed by atoms with Crippen LogP contribution in [0.2, 0.25) is 0 Å². The number of carbonyl (C=O) groups excluding carboxylic acids is 1. The fourth-order valence-corrected chi connectivity index (χ4v) is 2.03. The molecule has 0 radical (unpaired) electrons. The van der Waals surface area contributed by atoms with Crippen LogP contribution in [-0.2, 0) is 5.88 Å². The van der Waals surface area contributed by atoms with Crippen LogP contribution in [0.3, 0.4) is 0 Å². The molecular weight excluding hydrogens is 258 g/mol. The van der Waals surface area contributed by atoms with Gasteiger partial charge in [0.1, 0.15) is 0 Å². The topological polar surface area (TPSA) is 29.1 Å². The Bertz CT molecular complexity index is 536. The first-order chi connectivity index (χ1) is 9.20. The zero-order valence-electron chi connectivity index (χ0n) is 10.8. The molecule has 1 amide bonds. The lowest BCUT2D eigenvalue weighted by Gasteiger charge is -2.14. The molecule has 2 nitrogen and oxygen atoms in total. The Morgan fingerprint density at radius 1 is 1.11 bits per heavy atom. The van der Waals surface area contributed by atoms with Gasteiger partial charge < -0.3 is 5.32 Å². The highest BCUT2D eigenvalue weighted by atomic mass is 35.5. The Morgan fingerprint density at radius 3 is 2.32 bits per heavy atom. The van der Waals surface area contributed by atoms with E-state index in [1.54, 1.807) is 12.1 Å². The minimum Gasteiger partial charge on any atom is -0.346 e. The van der Waals surface area contributed by atoms with Crippen molar-refractivity contribution in [2.75, 3.05) is 0 Å². The Hall–Kier alpha value is -1.80. The summed E-state index contributed by atoms with van der Waals surface area (Å²) in [6.07, 6.45) is 0. The van der Waals surface area contributed by atoms with E-state index in [-0.39, 0.29) is 11.9 Å². The summed E-state index contributed by atoms with van der Waals surface area (Å²) >= 11 is 5.72. The third-order valence-electron chi connectivity index (χ3n) is 3.02. The molecule has 0 saturated carbocycles. The first-order valence-electron chi connectivity index (χ1n) is 6.21. The second-order valence-electron chi connectivity index (χ2n) is 4.44. The number of nitrogens with one attached hydrogen (secondary N) is 1.